The molecule has 0 spiro atoms. The lowest BCUT2D eigenvalue weighted by Gasteiger charge is -2.17. The summed E-state index contributed by atoms with van der Waals surface area (Å²) in [5.74, 6) is 1.05. The lowest BCUT2D eigenvalue weighted by molar-refractivity contribution is -0.113. The highest BCUT2D eigenvalue weighted by Crippen LogP contribution is 2.31. The van der Waals surface area contributed by atoms with Gasteiger partial charge in [0.25, 0.3) is 0 Å². The van der Waals surface area contributed by atoms with Crippen LogP contribution in [-0.2, 0) is 17.8 Å². The Hall–Kier alpha value is -3.50. The summed E-state index contributed by atoms with van der Waals surface area (Å²) < 4.78 is 6.96. The van der Waals surface area contributed by atoms with Gasteiger partial charge in [-0.1, -0.05) is 11.3 Å². The molecule has 1 amide bonds. The van der Waals surface area contributed by atoms with Gasteiger partial charge in [0.15, 0.2) is 0 Å². The number of nitrogens with one attached hydrogen (secondary N) is 2. The van der Waals surface area contributed by atoms with E-state index in [0.29, 0.717) is 23.7 Å². The molecule has 0 unspecified atom stereocenters. The molecule has 1 aliphatic heterocycles. The van der Waals surface area contributed by atoms with Crippen LogP contribution in [0.4, 0.5) is 5.69 Å². The van der Waals surface area contributed by atoms with Gasteiger partial charge in [-0.05, 0) is 29.8 Å². The van der Waals surface area contributed by atoms with Crippen molar-refractivity contribution in [1.82, 2.24) is 30.3 Å². The van der Waals surface area contributed by atoms with Crippen LogP contribution < -0.4 is 15.4 Å². The highest BCUT2D eigenvalue weighted by Gasteiger charge is 2.15. The minimum atomic E-state index is 0.0475. The summed E-state index contributed by atoms with van der Waals surface area (Å²) in [6, 6.07) is 11.7. The number of pyridine rings is 2. The third-order valence-electron chi connectivity index (χ3n) is 5.10. The molecule has 1 aliphatic rings. The van der Waals surface area contributed by atoms with E-state index in [-0.39, 0.29) is 5.91 Å². The molecule has 10 heteroatoms. The zero-order valence-electron chi connectivity index (χ0n) is 17.4. The van der Waals surface area contributed by atoms with Crippen molar-refractivity contribution in [3.63, 3.8) is 0 Å². The second kappa shape index (κ2) is 8.93. The highest BCUT2D eigenvalue weighted by atomic mass is 32.2. The van der Waals surface area contributed by atoms with Gasteiger partial charge in [-0.2, -0.15) is 0 Å². The lowest BCUT2D eigenvalue weighted by atomic mass is 10.2. The Labute approximate surface area is 188 Å². The van der Waals surface area contributed by atoms with Gasteiger partial charge >= 0.3 is 0 Å². The Bertz CT molecular complexity index is 1290. The topological polar surface area (TPSA) is 107 Å². The monoisotopic (exact) mass is 447 g/mol. The van der Waals surface area contributed by atoms with Gasteiger partial charge in [0.1, 0.15) is 5.52 Å². The zero-order valence-corrected chi connectivity index (χ0v) is 18.2. The Morgan fingerprint density at radius 2 is 2.19 bits per heavy atom. The molecule has 162 valence electrons. The van der Waals surface area contributed by atoms with Crippen molar-refractivity contribution in [3.05, 3.63) is 60.0 Å². The summed E-state index contributed by atoms with van der Waals surface area (Å²) in [4.78, 5) is 21.6. The molecule has 2 N–H and O–H groups in total. The van der Waals surface area contributed by atoms with Crippen LogP contribution in [0.5, 0.6) is 5.88 Å². The van der Waals surface area contributed by atoms with Crippen LogP contribution in [-0.4, -0.2) is 50.3 Å². The quantitative estimate of drug-likeness (QED) is 0.417. The van der Waals surface area contributed by atoms with Crippen molar-refractivity contribution in [2.75, 3.05) is 24.7 Å². The highest BCUT2D eigenvalue weighted by molar-refractivity contribution is 8.00. The van der Waals surface area contributed by atoms with Crippen LogP contribution in [0.3, 0.4) is 0 Å². The first-order valence-corrected chi connectivity index (χ1v) is 11.2. The first kappa shape index (κ1) is 20.4. The molecule has 3 aromatic heterocycles. The lowest BCUT2D eigenvalue weighted by Crippen LogP contribution is -2.20. The molecule has 0 bridgehead atoms. The summed E-state index contributed by atoms with van der Waals surface area (Å²) in [5.41, 5.74) is 5.16. The van der Waals surface area contributed by atoms with Crippen LogP contribution in [0.2, 0.25) is 0 Å². The number of fused-ring (bicyclic) bond motifs is 2. The maximum Gasteiger partial charge on any atom is 0.234 e. The first-order valence-electron chi connectivity index (χ1n) is 10.2. The molecule has 0 atom stereocenters. The fraction of sp³-hybridized carbons (Fsp3) is 0.227. The van der Waals surface area contributed by atoms with E-state index in [1.54, 1.807) is 35.8 Å². The van der Waals surface area contributed by atoms with Crippen LogP contribution >= 0.6 is 11.8 Å². The number of ether oxygens (including phenoxy) is 1. The van der Waals surface area contributed by atoms with Crippen molar-refractivity contribution in [3.8, 4) is 11.6 Å². The van der Waals surface area contributed by atoms with Gasteiger partial charge in [-0.15, -0.1) is 16.9 Å². The SMILES string of the molecule is COc1ccc2nccc(-n3cc(CCNCc4ccc5c(c4)NC(=O)CS5)nn3)c2n1. The Balaban J connectivity index is 1.22. The number of carbonyl (C=O) groups excluding carboxylic acids is 1. The number of aromatic nitrogens is 5. The standard InChI is InChI=1S/C22H21N7O2S/c1-31-21-5-3-16-22(26-21)18(7-9-24-16)29-12-15(27-28-29)6-8-23-11-14-2-4-19-17(10-14)25-20(30)13-32-19/h2-5,7,9-10,12,23H,6,8,11,13H2,1H3,(H,25,30). The molecule has 0 saturated carbocycles. The number of rotatable bonds is 7. The fourth-order valence-corrected chi connectivity index (χ4v) is 4.30. The molecule has 0 aliphatic carbocycles. The number of anilines is 1. The van der Waals surface area contributed by atoms with Crippen molar-refractivity contribution < 1.29 is 9.53 Å². The van der Waals surface area contributed by atoms with E-state index >= 15 is 0 Å². The second-order valence-electron chi connectivity index (χ2n) is 7.30. The van der Waals surface area contributed by atoms with E-state index in [2.05, 4.69) is 43.0 Å². The summed E-state index contributed by atoms with van der Waals surface area (Å²) >= 11 is 1.57. The average molecular weight is 448 g/mol. The molecule has 0 saturated heterocycles. The van der Waals surface area contributed by atoms with Crippen LogP contribution in [0.15, 0.2) is 53.7 Å². The van der Waals surface area contributed by atoms with Crippen LogP contribution in [0.1, 0.15) is 11.3 Å². The fourth-order valence-electron chi connectivity index (χ4n) is 3.51. The second-order valence-corrected chi connectivity index (χ2v) is 8.32. The number of hydrogen-bond acceptors (Lipinski definition) is 8. The van der Waals surface area contributed by atoms with E-state index in [1.807, 2.05) is 24.4 Å². The van der Waals surface area contributed by atoms with Crippen molar-refractivity contribution in [2.45, 2.75) is 17.9 Å². The van der Waals surface area contributed by atoms with Crippen molar-refractivity contribution in [1.29, 1.82) is 0 Å². The number of thioether (sulfide) groups is 1. The van der Waals surface area contributed by atoms with Crippen molar-refractivity contribution >= 4 is 34.4 Å². The largest absolute Gasteiger partial charge is 0.481 e. The molecular formula is C22H21N7O2S. The number of nitrogens with zero attached hydrogens (tertiary/aromatic N) is 5. The Kier molecular flexibility index (Phi) is 5.70. The van der Waals surface area contributed by atoms with Gasteiger partial charge in [-0.3, -0.25) is 9.78 Å². The van der Waals surface area contributed by atoms with E-state index in [1.165, 1.54) is 0 Å². The number of amides is 1. The maximum absolute atomic E-state index is 11.6. The van der Waals surface area contributed by atoms with E-state index in [4.69, 9.17) is 4.74 Å². The predicted molar refractivity (Wildman–Crippen MR) is 122 cm³/mol. The molecule has 4 heterocycles. The van der Waals surface area contributed by atoms with Gasteiger partial charge in [0.05, 0.1) is 41.6 Å². The third kappa shape index (κ3) is 4.27. The summed E-state index contributed by atoms with van der Waals surface area (Å²) in [6.45, 7) is 1.46. The third-order valence-corrected chi connectivity index (χ3v) is 6.17. The molecule has 0 fully saturated rings. The Morgan fingerprint density at radius 1 is 1.25 bits per heavy atom. The van der Waals surface area contributed by atoms with Crippen molar-refractivity contribution in [2.24, 2.45) is 0 Å². The molecular weight excluding hydrogens is 426 g/mol. The van der Waals surface area contributed by atoms with Gasteiger partial charge in [0, 0.05) is 36.7 Å². The number of methoxy groups -OCH3 is 1. The van der Waals surface area contributed by atoms with Gasteiger partial charge in [0.2, 0.25) is 11.8 Å². The molecule has 1 aromatic carbocycles. The normalized spacial score (nSPS) is 13.1. The molecule has 4 aromatic rings. The molecule has 0 radical (unpaired) electrons. The smallest absolute Gasteiger partial charge is 0.234 e. The van der Waals surface area contributed by atoms with Crippen LogP contribution in [0.25, 0.3) is 16.7 Å². The first-order chi connectivity index (χ1) is 15.7. The van der Waals surface area contributed by atoms with E-state index in [0.717, 1.165) is 46.0 Å². The minimum absolute atomic E-state index is 0.0475. The summed E-state index contributed by atoms with van der Waals surface area (Å²) in [6.07, 6.45) is 4.37. The minimum Gasteiger partial charge on any atom is -0.481 e. The van der Waals surface area contributed by atoms with Gasteiger partial charge in [-0.25, -0.2) is 9.67 Å². The number of benzene rings is 1. The average Bonchev–Trinajstić information content (AvgIpc) is 3.29. The van der Waals surface area contributed by atoms with Gasteiger partial charge < -0.3 is 15.4 Å². The predicted octanol–water partition coefficient (Wildman–Crippen LogP) is 2.60. The molecule has 5 rings (SSSR count). The molecule has 32 heavy (non-hydrogen) atoms. The summed E-state index contributed by atoms with van der Waals surface area (Å²) in [5, 5.41) is 14.9. The maximum atomic E-state index is 11.6. The Morgan fingerprint density at radius 3 is 3.09 bits per heavy atom. The summed E-state index contributed by atoms with van der Waals surface area (Å²) in [7, 11) is 1.59. The number of hydrogen-bond donors (Lipinski definition) is 2. The molecule has 9 nitrogen and oxygen atoms in total. The zero-order chi connectivity index (χ0) is 21.9. The van der Waals surface area contributed by atoms with E-state index < -0.39 is 0 Å². The van der Waals surface area contributed by atoms with E-state index in [9.17, 15) is 4.79 Å². The number of carbonyl (C=O) groups is 1. The van der Waals surface area contributed by atoms with Crippen LogP contribution in [0, 0.1) is 0 Å².